The number of Topliss-reactive ketones (excluding diaryl/α,β-unsaturated/α-hetero) is 1. The van der Waals surface area contributed by atoms with Crippen molar-refractivity contribution in [3.05, 3.63) is 179 Å². The summed E-state index contributed by atoms with van der Waals surface area (Å²) in [5.41, 5.74) is 4.77. The predicted molar refractivity (Wildman–Crippen MR) is 180 cm³/mol. The number of carbonyl (C=O) groups is 1. The Kier molecular flexibility index (Phi) is 11.4. The summed E-state index contributed by atoms with van der Waals surface area (Å²) in [6.07, 6.45) is -2.24. The Morgan fingerprint density at radius 2 is 0.787 bits per heavy atom. The molecular formula is C41H40O6. The molecule has 3 atom stereocenters. The lowest BCUT2D eigenvalue weighted by Crippen LogP contribution is -2.67. The zero-order valence-corrected chi connectivity index (χ0v) is 26.4. The average Bonchev–Trinajstić information content (AvgIpc) is 3.14. The maximum atomic E-state index is 14.6. The first-order chi connectivity index (χ1) is 23.2. The average molecular weight is 629 g/mol. The van der Waals surface area contributed by atoms with E-state index in [1.165, 1.54) is 0 Å². The zero-order chi connectivity index (χ0) is 32.2. The minimum Gasteiger partial charge on any atom is -0.370 e. The number of ketones is 1. The van der Waals surface area contributed by atoms with Crippen LogP contribution in [-0.4, -0.2) is 29.9 Å². The third-order valence-corrected chi connectivity index (χ3v) is 8.27. The molecule has 0 N–H and O–H groups in total. The van der Waals surface area contributed by atoms with Gasteiger partial charge in [-0.2, -0.15) is 0 Å². The Morgan fingerprint density at radius 3 is 1.19 bits per heavy atom. The van der Waals surface area contributed by atoms with Crippen LogP contribution < -0.4 is 0 Å². The number of ether oxygens (including phenoxy) is 5. The summed E-state index contributed by atoms with van der Waals surface area (Å²) in [6.45, 7) is 1.13. The molecule has 47 heavy (non-hydrogen) atoms. The normalized spacial score (nSPS) is 19.0. The summed E-state index contributed by atoms with van der Waals surface area (Å²) in [7, 11) is 0. The van der Waals surface area contributed by atoms with Gasteiger partial charge in [0, 0.05) is 6.42 Å². The third-order valence-electron chi connectivity index (χ3n) is 8.27. The van der Waals surface area contributed by atoms with E-state index in [1.807, 2.05) is 152 Å². The summed E-state index contributed by atoms with van der Waals surface area (Å²) in [6, 6.07) is 49.3. The molecule has 0 aliphatic heterocycles. The van der Waals surface area contributed by atoms with E-state index in [2.05, 4.69) is 0 Å². The summed E-state index contributed by atoms with van der Waals surface area (Å²) >= 11 is 0. The van der Waals surface area contributed by atoms with Crippen LogP contribution in [0.4, 0.5) is 0 Å². The van der Waals surface area contributed by atoms with Gasteiger partial charge >= 0.3 is 0 Å². The van der Waals surface area contributed by atoms with Crippen molar-refractivity contribution in [3.63, 3.8) is 0 Å². The van der Waals surface area contributed by atoms with Crippen molar-refractivity contribution in [3.8, 4) is 0 Å². The van der Waals surface area contributed by atoms with Crippen LogP contribution in [0.5, 0.6) is 0 Å². The van der Waals surface area contributed by atoms with E-state index in [4.69, 9.17) is 23.7 Å². The molecule has 1 aliphatic carbocycles. The maximum Gasteiger partial charge on any atom is 0.259 e. The van der Waals surface area contributed by atoms with E-state index in [-0.39, 0.29) is 32.0 Å². The lowest BCUT2D eigenvalue weighted by molar-refractivity contribution is -0.323. The van der Waals surface area contributed by atoms with Crippen molar-refractivity contribution in [2.45, 2.75) is 63.6 Å². The fourth-order valence-electron chi connectivity index (χ4n) is 5.76. The quantitative estimate of drug-likeness (QED) is 0.110. The van der Waals surface area contributed by atoms with Crippen LogP contribution in [0.15, 0.2) is 152 Å². The first kappa shape index (κ1) is 32.5. The van der Waals surface area contributed by atoms with Crippen molar-refractivity contribution in [2.75, 3.05) is 0 Å². The summed E-state index contributed by atoms with van der Waals surface area (Å²) in [4.78, 5) is 14.6. The van der Waals surface area contributed by atoms with Crippen LogP contribution in [0, 0.1) is 0 Å². The van der Waals surface area contributed by atoms with Gasteiger partial charge in [-0.3, -0.25) is 4.79 Å². The molecule has 1 unspecified atom stereocenters. The SMILES string of the molecule is O=C1C[C@@H](OCc2ccccc2)[C@H](OCc2ccccc2)C(OCc2ccccc2)C1(OCc1ccccc1)OCc1ccccc1. The van der Waals surface area contributed by atoms with E-state index in [1.54, 1.807) is 0 Å². The molecule has 5 aromatic rings. The smallest absolute Gasteiger partial charge is 0.259 e. The van der Waals surface area contributed by atoms with Crippen LogP contribution in [0.1, 0.15) is 34.2 Å². The van der Waals surface area contributed by atoms with E-state index in [9.17, 15) is 4.79 Å². The summed E-state index contributed by atoms with van der Waals surface area (Å²) in [5.74, 6) is -2.02. The molecule has 0 saturated heterocycles. The van der Waals surface area contributed by atoms with Gasteiger partial charge < -0.3 is 23.7 Å². The first-order valence-corrected chi connectivity index (χ1v) is 16.1. The van der Waals surface area contributed by atoms with Gasteiger partial charge in [0.25, 0.3) is 5.79 Å². The molecule has 0 heterocycles. The number of benzene rings is 5. The topological polar surface area (TPSA) is 63.2 Å². The highest BCUT2D eigenvalue weighted by Crippen LogP contribution is 2.39. The number of hydrogen-bond acceptors (Lipinski definition) is 6. The van der Waals surface area contributed by atoms with Gasteiger partial charge in [0.1, 0.15) is 12.2 Å². The highest BCUT2D eigenvalue weighted by Gasteiger charge is 2.59. The van der Waals surface area contributed by atoms with Crippen molar-refractivity contribution in [1.29, 1.82) is 0 Å². The highest BCUT2D eigenvalue weighted by atomic mass is 16.7. The van der Waals surface area contributed by atoms with Crippen molar-refractivity contribution in [2.24, 2.45) is 0 Å². The Balaban J connectivity index is 1.38. The lowest BCUT2D eigenvalue weighted by Gasteiger charge is -2.47. The molecule has 1 aliphatic rings. The van der Waals surface area contributed by atoms with Crippen LogP contribution in [0.2, 0.25) is 0 Å². The monoisotopic (exact) mass is 628 g/mol. The molecule has 5 aromatic carbocycles. The fourth-order valence-corrected chi connectivity index (χ4v) is 5.76. The third kappa shape index (κ3) is 8.69. The summed E-state index contributed by atoms with van der Waals surface area (Å²) < 4.78 is 33.3. The van der Waals surface area contributed by atoms with E-state index >= 15 is 0 Å². The van der Waals surface area contributed by atoms with Gasteiger partial charge in [-0.25, -0.2) is 0 Å². The standard InChI is InChI=1S/C41H40O6/c42-38-26-37(43-27-32-16-6-1-7-17-32)39(44-28-33-18-8-2-9-19-33)40(45-29-34-20-10-3-11-21-34)41(38,46-30-35-22-12-4-13-23-35)47-31-36-24-14-5-15-25-36/h1-25,37,39-40H,26-31H2/t37-,39+,40?/m1/s1. The lowest BCUT2D eigenvalue weighted by atomic mass is 9.84. The van der Waals surface area contributed by atoms with E-state index in [0.717, 1.165) is 27.8 Å². The Bertz CT molecular complexity index is 1590. The van der Waals surface area contributed by atoms with Crippen molar-refractivity contribution >= 4 is 5.78 Å². The fraction of sp³-hybridized carbons (Fsp3) is 0.244. The van der Waals surface area contributed by atoms with Gasteiger partial charge in [0.2, 0.25) is 0 Å². The first-order valence-electron chi connectivity index (χ1n) is 16.1. The predicted octanol–water partition coefficient (Wildman–Crippen LogP) is 7.85. The molecular weight excluding hydrogens is 588 g/mol. The van der Waals surface area contributed by atoms with Gasteiger partial charge in [-0.15, -0.1) is 0 Å². The van der Waals surface area contributed by atoms with Crippen LogP contribution in [0.3, 0.4) is 0 Å². The Morgan fingerprint density at radius 1 is 0.447 bits per heavy atom. The molecule has 6 heteroatoms. The molecule has 0 aromatic heterocycles. The zero-order valence-electron chi connectivity index (χ0n) is 26.4. The van der Waals surface area contributed by atoms with Gasteiger partial charge in [0.15, 0.2) is 5.78 Å². The molecule has 6 nitrogen and oxygen atoms in total. The second-order valence-electron chi connectivity index (χ2n) is 11.7. The molecule has 0 bridgehead atoms. The minimum atomic E-state index is -1.77. The van der Waals surface area contributed by atoms with Crippen LogP contribution >= 0.6 is 0 Å². The molecule has 0 amide bonds. The van der Waals surface area contributed by atoms with Crippen LogP contribution in [-0.2, 0) is 61.5 Å². The maximum absolute atomic E-state index is 14.6. The Labute approximate surface area is 276 Å². The van der Waals surface area contributed by atoms with Crippen molar-refractivity contribution < 1.29 is 28.5 Å². The second-order valence-corrected chi connectivity index (χ2v) is 11.7. The second kappa shape index (κ2) is 16.4. The molecule has 6 rings (SSSR count). The minimum absolute atomic E-state index is 0.0288. The Hall–Kier alpha value is -4.43. The van der Waals surface area contributed by atoms with Gasteiger partial charge in [0.05, 0.1) is 39.1 Å². The largest absolute Gasteiger partial charge is 0.370 e. The molecule has 0 spiro atoms. The summed E-state index contributed by atoms with van der Waals surface area (Å²) in [5, 5.41) is 0. The van der Waals surface area contributed by atoms with Gasteiger partial charge in [-0.1, -0.05) is 152 Å². The number of carbonyl (C=O) groups excluding carboxylic acids is 1. The highest BCUT2D eigenvalue weighted by molar-refractivity contribution is 5.88. The number of hydrogen-bond donors (Lipinski definition) is 0. The molecule has 1 saturated carbocycles. The molecule has 0 radical (unpaired) electrons. The van der Waals surface area contributed by atoms with E-state index < -0.39 is 24.1 Å². The van der Waals surface area contributed by atoms with Crippen LogP contribution in [0.25, 0.3) is 0 Å². The number of rotatable bonds is 15. The molecule has 240 valence electrons. The molecule has 1 fully saturated rings. The van der Waals surface area contributed by atoms with Crippen molar-refractivity contribution in [1.82, 2.24) is 0 Å². The van der Waals surface area contributed by atoms with E-state index in [0.29, 0.717) is 13.2 Å². The van der Waals surface area contributed by atoms with Gasteiger partial charge in [-0.05, 0) is 27.8 Å².